The van der Waals surface area contributed by atoms with Crippen LogP contribution in [0.3, 0.4) is 0 Å². The predicted octanol–water partition coefficient (Wildman–Crippen LogP) is 2.27. The Kier molecular flexibility index (Phi) is 3.25. The fourth-order valence-corrected chi connectivity index (χ4v) is 2.26. The summed E-state index contributed by atoms with van der Waals surface area (Å²) in [5.74, 6) is 0.962. The molecule has 0 spiro atoms. The first-order valence-corrected chi connectivity index (χ1v) is 6.68. The summed E-state index contributed by atoms with van der Waals surface area (Å²) in [6.07, 6.45) is 6.73. The van der Waals surface area contributed by atoms with Crippen molar-refractivity contribution in [2.45, 2.75) is 25.0 Å². The quantitative estimate of drug-likeness (QED) is 0.893. The summed E-state index contributed by atoms with van der Waals surface area (Å²) in [6.45, 7) is 0. The molecule has 0 radical (unpaired) electrons. The van der Waals surface area contributed by atoms with Gasteiger partial charge in [0.1, 0.15) is 5.75 Å². The average molecular weight is 257 g/mol. The van der Waals surface area contributed by atoms with Crippen molar-refractivity contribution in [1.82, 2.24) is 15.1 Å². The van der Waals surface area contributed by atoms with Gasteiger partial charge in [-0.15, -0.1) is 0 Å². The molecule has 2 aromatic rings. The molecule has 1 saturated carbocycles. The summed E-state index contributed by atoms with van der Waals surface area (Å²) in [6, 6.07) is 8.46. The molecule has 4 nitrogen and oxygen atoms in total. The molecule has 4 heteroatoms. The third-order valence-corrected chi connectivity index (χ3v) is 3.37. The Balaban J connectivity index is 1.85. The number of aryl methyl sites for hydroxylation is 1. The van der Waals surface area contributed by atoms with E-state index in [1.807, 2.05) is 43.3 Å². The summed E-state index contributed by atoms with van der Waals surface area (Å²) in [5, 5.41) is 7.57. The van der Waals surface area contributed by atoms with E-state index in [1.165, 1.54) is 18.4 Å². The van der Waals surface area contributed by atoms with Gasteiger partial charge in [-0.25, -0.2) is 0 Å². The third kappa shape index (κ3) is 2.79. The first-order chi connectivity index (χ1) is 9.26. The molecule has 1 atom stereocenters. The van der Waals surface area contributed by atoms with Gasteiger partial charge in [-0.05, 0) is 37.6 Å². The minimum Gasteiger partial charge on any atom is -0.490 e. The maximum atomic E-state index is 5.85. The largest absolute Gasteiger partial charge is 0.490 e. The van der Waals surface area contributed by atoms with Crippen LogP contribution in [0.25, 0.3) is 0 Å². The van der Waals surface area contributed by atoms with Gasteiger partial charge in [-0.3, -0.25) is 4.68 Å². The molecule has 3 rings (SSSR count). The van der Waals surface area contributed by atoms with Crippen LogP contribution in [0, 0.1) is 0 Å². The van der Waals surface area contributed by atoms with Crippen molar-refractivity contribution in [2.24, 2.45) is 7.05 Å². The standard InChI is InChI=1S/C15H19N3O/c1-16-15(12-9-17-18(2)10-12)11-4-3-5-14(8-11)19-13-6-7-13/h3-5,8-10,13,15-16H,6-7H2,1-2H3. The van der Waals surface area contributed by atoms with Crippen LogP contribution in [-0.4, -0.2) is 22.9 Å². The second kappa shape index (κ2) is 5.05. The minimum atomic E-state index is 0.149. The van der Waals surface area contributed by atoms with Gasteiger partial charge in [0.25, 0.3) is 0 Å². The molecule has 0 amide bonds. The summed E-state index contributed by atoms with van der Waals surface area (Å²) in [7, 11) is 3.90. The maximum Gasteiger partial charge on any atom is 0.120 e. The Morgan fingerprint density at radius 2 is 2.21 bits per heavy atom. The molecular weight excluding hydrogens is 238 g/mol. The van der Waals surface area contributed by atoms with E-state index in [1.54, 1.807) is 0 Å². The number of hydrogen-bond acceptors (Lipinski definition) is 3. The molecular formula is C15H19N3O. The van der Waals surface area contributed by atoms with Gasteiger partial charge in [-0.2, -0.15) is 5.10 Å². The maximum absolute atomic E-state index is 5.85. The Morgan fingerprint density at radius 3 is 2.84 bits per heavy atom. The van der Waals surface area contributed by atoms with Crippen molar-refractivity contribution in [3.8, 4) is 5.75 Å². The van der Waals surface area contributed by atoms with E-state index < -0.39 is 0 Å². The van der Waals surface area contributed by atoms with Crippen LogP contribution >= 0.6 is 0 Å². The second-order valence-electron chi connectivity index (χ2n) is 5.06. The van der Waals surface area contributed by atoms with Crippen LogP contribution in [0.15, 0.2) is 36.7 Å². The fourth-order valence-electron chi connectivity index (χ4n) is 2.26. The number of hydrogen-bond donors (Lipinski definition) is 1. The van der Waals surface area contributed by atoms with Gasteiger partial charge in [-0.1, -0.05) is 12.1 Å². The Morgan fingerprint density at radius 1 is 1.37 bits per heavy atom. The minimum absolute atomic E-state index is 0.149. The lowest BCUT2D eigenvalue weighted by molar-refractivity contribution is 0.302. The van der Waals surface area contributed by atoms with Crippen LogP contribution in [0.4, 0.5) is 0 Å². The third-order valence-electron chi connectivity index (χ3n) is 3.37. The Labute approximate surface area is 113 Å². The lowest BCUT2D eigenvalue weighted by atomic mass is 10.0. The van der Waals surface area contributed by atoms with Gasteiger partial charge in [0.05, 0.1) is 18.3 Å². The van der Waals surface area contributed by atoms with E-state index >= 15 is 0 Å². The fraction of sp³-hybridized carbons (Fsp3) is 0.400. The highest BCUT2D eigenvalue weighted by Gasteiger charge is 2.24. The van der Waals surface area contributed by atoms with Gasteiger partial charge >= 0.3 is 0 Å². The molecule has 1 unspecified atom stereocenters. The predicted molar refractivity (Wildman–Crippen MR) is 74.2 cm³/mol. The molecule has 1 aliphatic rings. The molecule has 1 fully saturated rings. The molecule has 100 valence electrons. The number of rotatable bonds is 5. The zero-order chi connectivity index (χ0) is 13.2. The number of nitrogens with zero attached hydrogens (tertiary/aromatic N) is 2. The van der Waals surface area contributed by atoms with Crippen LogP contribution in [0.5, 0.6) is 5.75 Å². The molecule has 1 aromatic heterocycles. The highest BCUT2D eigenvalue weighted by atomic mass is 16.5. The monoisotopic (exact) mass is 257 g/mol. The smallest absolute Gasteiger partial charge is 0.120 e. The SMILES string of the molecule is CNC(c1cccc(OC2CC2)c1)c1cnn(C)c1. The van der Waals surface area contributed by atoms with E-state index in [4.69, 9.17) is 4.74 Å². The number of aromatic nitrogens is 2. The number of nitrogens with one attached hydrogen (secondary N) is 1. The molecule has 0 aliphatic heterocycles. The van der Waals surface area contributed by atoms with E-state index in [0.717, 1.165) is 11.3 Å². The molecule has 1 aromatic carbocycles. The van der Waals surface area contributed by atoms with Crippen LogP contribution in [0.2, 0.25) is 0 Å². The number of ether oxygens (including phenoxy) is 1. The zero-order valence-corrected chi connectivity index (χ0v) is 11.3. The van der Waals surface area contributed by atoms with Gasteiger partial charge in [0.2, 0.25) is 0 Å². The van der Waals surface area contributed by atoms with E-state index in [-0.39, 0.29) is 6.04 Å². The molecule has 1 heterocycles. The molecule has 0 bridgehead atoms. The number of benzene rings is 1. The highest BCUT2D eigenvalue weighted by molar-refractivity contribution is 5.35. The summed E-state index contributed by atoms with van der Waals surface area (Å²) < 4.78 is 7.68. The van der Waals surface area contributed by atoms with Crippen molar-refractivity contribution in [3.63, 3.8) is 0 Å². The Hall–Kier alpha value is -1.81. The molecule has 0 saturated heterocycles. The van der Waals surface area contributed by atoms with E-state index in [0.29, 0.717) is 6.10 Å². The van der Waals surface area contributed by atoms with Gasteiger partial charge in [0.15, 0.2) is 0 Å². The molecule has 19 heavy (non-hydrogen) atoms. The first-order valence-electron chi connectivity index (χ1n) is 6.68. The van der Waals surface area contributed by atoms with Crippen LogP contribution in [-0.2, 0) is 7.05 Å². The molecule has 1 aliphatic carbocycles. The summed E-state index contributed by atoms with van der Waals surface area (Å²) >= 11 is 0. The lowest BCUT2D eigenvalue weighted by Gasteiger charge is -2.16. The van der Waals surface area contributed by atoms with Crippen molar-refractivity contribution in [3.05, 3.63) is 47.8 Å². The topological polar surface area (TPSA) is 39.1 Å². The molecule has 1 N–H and O–H groups in total. The zero-order valence-electron chi connectivity index (χ0n) is 11.3. The van der Waals surface area contributed by atoms with Gasteiger partial charge in [0, 0.05) is 18.8 Å². The van der Waals surface area contributed by atoms with Crippen molar-refractivity contribution in [2.75, 3.05) is 7.05 Å². The van der Waals surface area contributed by atoms with E-state index in [2.05, 4.69) is 22.5 Å². The first kappa shape index (κ1) is 12.2. The van der Waals surface area contributed by atoms with Crippen LogP contribution in [0.1, 0.15) is 30.0 Å². The van der Waals surface area contributed by atoms with E-state index in [9.17, 15) is 0 Å². The second-order valence-corrected chi connectivity index (χ2v) is 5.06. The average Bonchev–Trinajstić information content (AvgIpc) is 3.12. The van der Waals surface area contributed by atoms with Crippen LogP contribution < -0.4 is 10.1 Å². The van der Waals surface area contributed by atoms with Crippen molar-refractivity contribution in [1.29, 1.82) is 0 Å². The summed E-state index contributed by atoms with van der Waals surface area (Å²) in [5.41, 5.74) is 2.36. The normalized spacial score (nSPS) is 16.3. The van der Waals surface area contributed by atoms with Gasteiger partial charge < -0.3 is 10.1 Å². The Bertz CT molecular complexity index is 560. The lowest BCUT2D eigenvalue weighted by Crippen LogP contribution is -2.17. The summed E-state index contributed by atoms with van der Waals surface area (Å²) in [4.78, 5) is 0. The van der Waals surface area contributed by atoms with Crippen molar-refractivity contribution >= 4 is 0 Å². The van der Waals surface area contributed by atoms with Crippen molar-refractivity contribution < 1.29 is 4.74 Å². The highest BCUT2D eigenvalue weighted by Crippen LogP contribution is 2.29.